The molecule has 0 aliphatic carbocycles. The smallest absolute Gasteiger partial charge is 0.337 e. The molecule has 0 aliphatic heterocycles. The number of pyridine rings is 1. The van der Waals surface area contributed by atoms with Crippen molar-refractivity contribution >= 4 is 17.6 Å². The van der Waals surface area contributed by atoms with E-state index in [4.69, 9.17) is 5.11 Å². The number of hydrogen-bond acceptors (Lipinski definition) is 3. The van der Waals surface area contributed by atoms with Crippen LogP contribution in [0.2, 0.25) is 0 Å². The highest BCUT2D eigenvalue weighted by Crippen LogP contribution is 2.16. The molecule has 17 heavy (non-hydrogen) atoms. The number of aromatic carboxylic acids is 1. The molecule has 0 aromatic carbocycles. The lowest BCUT2D eigenvalue weighted by molar-refractivity contribution is -0.120. The lowest BCUT2D eigenvalue weighted by Gasteiger charge is -2.13. The van der Waals surface area contributed by atoms with Gasteiger partial charge < -0.3 is 10.4 Å². The summed E-state index contributed by atoms with van der Waals surface area (Å²) >= 11 is 0. The first-order valence-electron chi connectivity index (χ1n) is 5.58. The summed E-state index contributed by atoms with van der Waals surface area (Å²) in [5.74, 6) is -1.34. The number of anilines is 1. The molecule has 5 nitrogen and oxygen atoms in total. The van der Waals surface area contributed by atoms with Crippen molar-refractivity contribution in [2.45, 2.75) is 26.7 Å². The summed E-state index contributed by atoms with van der Waals surface area (Å²) < 4.78 is 0. The predicted molar refractivity (Wildman–Crippen MR) is 63.9 cm³/mol. The van der Waals surface area contributed by atoms with Crippen LogP contribution in [0.3, 0.4) is 0 Å². The van der Waals surface area contributed by atoms with E-state index in [1.165, 1.54) is 18.5 Å². The molecule has 1 aromatic rings. The summed E-state index contributed by atoms with van der Waals surface area (Å²) in [5.41, 5.74) is 0.302. The first-order chi connectivity index (χ1) is 8.10. The summed E-state index contributed by atoms with van der Waals surface area (Å²) in [5, 5.41) is 11.6. The van der Waals surface area contributed by atoms with Crippen molar-refractivity contribution in [3.8, 4) is 0 Å². The molecule has 0 atom stereocenters. The van der Waals surface area contributed by atoms with E-state index in [9.17, 15) is 9.59 Å². The minimum absolute atomic E-state index is 0.0549. The Balaban J connectivity index is 2.88. The zero-order valence-electron chi connectivity index (χ0n) is 9.93. The predicted octanol–water partition coefficient (Wildman–Crippen LogP) is 2.15. The van der Waals surface area contributed by atoms with Gasteiger partial charge in [0.1, 0.15) is 0 Å². The van der Waals surface area contributed by atoms with E-state index < -0.39 is 5.97 Å². The van der Waals surface area contributed by atoms with Gasteiger partial charge in [0.05, 0.1) is 17.4 Å². The average Bonchev–Trinajstić information content (AvgIpc) is 2.31. The van der Waals surface area contributed by atoms with Crippen LogP contribution in [0, 0.1) is 5.92 Å². The van der Waals surface area contributed by atoms with Crippen molar-refractivity contribution in [1.29, 1.82) is 0 Å². The van der Waals surface area contributed by atoms with Gasteiger partial charge in [0.15, 0.2) is 0 Å². The van der Waals surface area contributed by atoms with Crippen LogP contribution >= 0.6 is 0 Å². The molecule has 0 spiro atoms. The normalized spacial score (nSPS) is 10.3. The van der Waals surface area contributed by atoms with Crippen LogP contribution < -0.4 is 5.32 Å². The summed E-state index contributed by atoms with van der Waals surface area (Å²) in [4.78, 5) is 26.6. The molecule has 0 aliphatic rings. The second-order valence-electron chi connectivity index (χ2n) is 3.73. The number of hydrogen-bond donors (Lipinski definition) is 2. The Hall–Kier alpha value is -1.91. The van der Waals surface area contributed by atoms with Crippen LogP contribution in [0.25, 0.3) is 0 Å². The first-order valence-corrected chi connectivity index (χ1v) is 5.58. The standard InChI is InChI=1S/C12H16N2O3/c1-3-8(4-2)11(15)14-10-7-13-6-5-9(10)12(16)17/h5-8H,3-4H2,1-2H3,(H,14,15)(H,16,17). The van der Waals surface area contributed by atoms with E-state index in [0.717, 1.165) is 12.8 Å². The molecule has 0 saturated carbocycles. The molecule has 0 radical (unpaired) electrons. The van der Waals surface area contributed by atoms with Gasteiger partial charge >= 0.3 is 5.97 Å². The van der Waals surface area contributed by atoms with Crippen molar-refractivity contribution in [3.05, 3.63) is 24.0 Å². The summed E-state index contributed by atoms with van der Waals surface area (Å²) in [6.07, 6.45) is 4.19. The summed E-state index contributed by atoms with van der Waals surface area (Å²) in [6.45, 7) is 3.85. The fraction of sp³-hybridized carbons (Fsp3) is 0.417. The quantitative estimate of drug-likeness (QED) is 0.821. The van der Waals surface area contributed by atoms with Gasteiger partial charge in [-0.05, 0) is 18.9 Å². The van der Waals surface area contributed by atoms with E-state index in [1.807, 2.05) is 13.8 Å². The van der Waals surface area contributed by atoms with Crippen molar-refractivity contribution in [1.82, 2.24) is 4.98 Å². The third kappa shape index (κ3) is 3.27. The lowest BCUT2D eigenvalue weighted by atomic mass is 10.0. The Morgan fingerprint density at radius 3 is 2.59 bits per heavy atom. The highest BCUT2D eigenvalue weighted by atomic mass is 16.4. The Morgan fingerprint density at radius 1 is 1.41 bits per heavy atom. The van der Waals surface area contributed by atoms with Gasteiger partial charge in [-0.2, -0.15) is 0 Å². The zero-order valence-corrected chi connectivity index (χ0v) is 9.93. The Bertz CT molecular complexity index is 414. The highest BCUT2D eigenvalue weighted by Gasteiger charge is 2.17. The number of carbonyl (C=O) groups is 2. The van der Waals surface area contributed by atoms with Gasteiger partial charge in [-0.25, -0.2) is 4.79 Å². The Morgan fingerprint density at radius 2 is 2.06 bits per heavy atom. The van der Waals surface area contributed by atoms with E-state index in [0.29, 0.717) is 0 Å². The van der Waals surface area contributed by atoms with Crippen molar-refractivity contribution in [2.75, 3.05) is 5.32 Å². The topological polar surface area (TPSA) is 79.3 Å². The number of amides is 1. The molecule has 1 amide bonds. The van der Waals surface area contributed by atoms with Crippen LogP contribution in [0.4, 0.5) is 5.69 Å². The maximum Gasteiger partial charge on any atom is 0.337 e. The number of aromatic nitrogens is 1. The van der Waals surface area contributed by atoms with Crippen LogP contribution in [0.5, 0.6) is 0 Å². The minimum atomic E-state index is -1.08. The molecule has 0 fully saturated rings. The van der Waals surface area contributed by atoms with Gasteiger partial charge in [0.2, 0.25) is 5.91 Å². The molecule has 0 saturated heterocycles. The maximum absolute atomic E-state index is 11.8. The average molecular weight is 236 g/mol. The zero-order chi connectivity index (χ0) is 12.8. The highest BCUT2D eigenvalue weighted by molar-refractivity contribution is 6.00. The lowest BCUT2D eigenvalue weighted by Crippen LogP contribution is -2.23. The fourth-order valence-electron chi connectivity index (χ4n) is 1.57. The SMILES string of the molecule is CCC(CC)C(=O)Nc1cnccc1C(=O)O. The Kier molecular flexibility index (Phi) is 4.63. The van der Waals surface area contributed by atoms with Crippen LogP contribution in [0.15, 0.2) is 18.5 Å². The molecule has 5 heteroatoms. The molecule has 92 valence electrons. The van der Waals surface area contributed by atoms with Crippen molar-refractivity contribution in [3.63, 3.8) is 0 Å². The number of carbonyl (C=O) groups excluding carboxylic acids is 1. The summed E-state index contributed by atoms with van der Waals surface area (Å²) in [7, 11) is 0. The van der Waals surface area contributed by atoms with Gasteiger partial charge in [-0.3, -0.25) is 9.78 Å². The monoisotopic (exact) mass is 236 g/mol. The molecule has 1 rings (SSSR count). The number of carboxylic acid groups (broad SMARTS) is 1. The van der Waals surface area contributed by atoms with E-state index in [2.05, 4.69) is 10.3 Å². The number of nitrogens with one attached hydrogen (secondary N) is 1. The third-order valence-electron chi connectivity index (χ3n) is 2.67. The van der Waals surface area contributed by atoms with E-state index in [-0.39, 0.29) is 23.1 Å². The molecule has 2 N–H and O–H groups in total. The molecule has 0 unspecified atom stereocenters. The fourth-order valence-corrected chi connectivity index (χ4v) is 1.57. The third-order valence-corrected chi connectivity index (χ3v) is 2.67. The van der Waals surface area contributed by atoms with Gasteiger partial charge in [0.25, 0.3) is 0 Å². The number of rotatable bonds is 5. The molecule has 0 bridgehead atoms. The minimum Gasteiger partial charge on any atom is -0.478 e. The summed E-state index contributed by atoms with van der Waals surface area (Å²) in [6, 6.07) is 1.37. The Labute approximate surface area is 99.9 Å². The van der Waals surface area contributed by atoms with Crippen molar-refractivity contribution < 1.29 is 14.7 Å². The second-order valence-corrected chi connectivity index (χ2v) is 3.73. The van der Waals surface area contributed by atoms with E-state index >= 15 is 0 Å². The van der Waals surface area contributed by atoms with Crippen LogP contribution in [0.1, 0.15) is 37.0 Å². The molecule has 1 aromatic heterocycles. The number of carboxylic acids is 1. The molecular weight excluding hydrogens is 220 g/mol. The van der Waals surface area contributed by atoms with Gasteiger partial charge in [-0.1, -0.05) is 13.8 Å². The molecular formula is C12H16N2O3. The second kappa shape index (κ2) is 5.98. The first kappa shape index (κ1) is 13.2. The van der Waals surface area contributed by atoms with E-state index in [1.54, 1.807) is 0 Å². The van der Waals surface area contributed by atoms with Crippen LogP contribution in [-0.4, -0.2) is 22.0 Å². The molecule has 1 heterocycles. The van der Waals surface area contributed by atoms with Crippen LogP contribution in [-0.2, 0) is 4.79 Å². The maximum atomic E-state index is 11.8. The van der Waals surface area contributed by atoms with Crippen molar-refractivity contribution in [2.24, 2.45) is 5.92 Å². The largest absolute Gasteiger partial charge is 0.478 e. The van der Waals surface area contributed by atoms with Gasteiger partial charge in [-0.15, -0.1) is 0 Å². The van der Waals surface area contributed by atoms with Gasteiger partial charge in [0, 0.05) is 12.1 Å². The number of nitrogens with zero attached hydrogens (tertiary/aromatic N) is 1.